The second-order valence-electron chi connectivity index (χ2n) is 17.9. The third-order valence-corrected chi connectivity index (χ3v) is 11.4. The molecule has 2 unspecified atom stereocenters. The van der Waals surface area contributed by atoms with Crippen LogP contribution >= 0.6 is 0 Å². The largest absolute Gasteiger partial charge is 0.394 e. The van der Waals surface area contributed by atoms with Gasteiger partial charge in [-0.15, -0.1) is 0 Å². The minimum atomic E-state index is -0.887. The highest BCUT2D eigenvalue weighted by atomic mass is 16.3. The number of carbonyl (C=O) groups excluding carboxylic acids is 1. The van der Waals surface area contributed by atoms with Gasteiger partial charge in [-0.3, -0.25) is 4.79 Å². The molecular weight excluding hydrogens is 843 g/mol. The lowest BCUT2D eigenvalue weighted by Gasteiger charge is -2.19. The second kappa shape index (κ2) is 58.1. The molecule has 4 nitrogen and oxygen atoms in total. The first-order chi connectivity index (χ1) is 34.2. The summed E-state index contributed by atoms with van der Waals surface area (Å²) in [5, 5.41) is 23.0. The molecule has 0 saturated heterocycles. The molecule has 0 aliphatic heterocycles. The predicted octanol–water partition coefficient (Wildman–Crippen LogP) is 18.7. The van der Waals surface area contributed by atoms with Crippen molar-refractivity contribution >= 4 is 5.91 Å². The van der Waals surface area contributed by atoms with Crippen molar-refractivity contribution in [2.24, 2.45) is 0 Å². The van der Waals surface area contributed by atoms with Crippen LogP contribution in [0, 0.1) is 0 Å². The topological polar surface area (TPSA) is 69.6 Å². The first-order valence-electron chi connectivity index (χ1n) is 27.8. The summed E-state index contributed by atoms with van der Waals surface area (Å²) in [5.74, 6) is -0.0974. The van der Waals surface area contributed by atoms with Crippen LogP contribution in [0.25, 0.3) is 0 Å². The number of rotatable bonds is 48. The Morgan fingerprint density at radius 2 is 0.652 bits per heavy atom. The molecule has 386 valence electrons. The van der Waals surface area contributed by atoms with Crippen molar-refractivity contribution in [1.29, 1.82) is 0 Å². The fourth-order valence-electron chi connectivity index (χ4n) is 7.21. The Balaban J connectivity index is 3.71. The normalized spacial score (nSPS) is 14.2. The Labute approximate surface area is 426 Å². The molecule has 0 aromatic heterocycles. The van der Waals surface area contributed by atoms with Gasteiger partial charge in [0.2, 0.25) is 5.91 Å². The predicted molar refractivity (Wildman–Crippen MR) is 307 cm³/mol. The van der Waals surface area contributed by atoms with Gasteiger partial charge in [-0.25, -0.2) is 0 Å². The van der Waals surface area contributed by atoms with Crippen LogP contribution < -0.4 is 5.32 Å². The zero-order valence-electron chi connectivity index (χ0n) is 44.3. The molecule has 3 N–H and O–H groups in total. The number of unbranched alkanes of at least 4 members (excludes halogenated alkanes) is 15. The zero-order chi connectivity index (χ0) is 49.9. The van der Waals surface area contributed by atoms with E-state index in [1.807, 2.05) is 6.08 Å². The van der Waals surface area contributed by atoms with Gasteiger partial charge in [-0.2, -0.15) is 0 Å². The van der Waals surface area contributed by atoms with Crippen molar-refractivity contribution in [2.45, 2.75) is 225 Å². The lowest BCUT2D eigenvalue weighted by atomic mass is 10.1. The number of aliphatic hydroxyl groups is 2. The highest BCUT2D eigenvalue weighted by Gasteiger charge is 2.17. The number of amides is 1. The van der Waals surface area contributed by atoms with E-state index in [1.165, 1.54) is 70.6 Å². The minimum Gasteiger partial charge on any atom is -0.394 e. The summed E-state index contributed by atoms with van der Waals surface area (Å²) in [7, 11) is 0. The lowest BCUT2D eigenvalue weighted by molar-refractivity contribution is -0.123. The molecule has 0 saturated carbocycles. The van der Waals surface area contributed by atoms with Crippen molar-refractivity contribution in [3.8, 4) is 0 Å². The van der Waals surface area contributed by atoms with Gasteiger partial charge in [0.05, 0.1) is 18.8 Å². The van der Waals surface area contributed by atoms with Crippen molar-refractivity contribution in [3.05, 3.63) is 170 Å². The van der Waals surface area contributed by atoms with Gasteiger partial charge in [0.25, 0.3) is 0 Å². The first-order valence-corrected chi connectivity index (χ1v) is 27.8. The van der Waals surface area contributed by atoms with Gasteiger partial charge in [-0.05, 0) is 128 Å². The number of allylic oxidation sites excluding steroid dienone is 27. The van der Waals surface area contributed by atoms with Crippen LogP contribution in [-0.2, 0) is 4.79 Å². The maximum atomic E-state index is 12.4. The Kier molecular flexibility index (Phi) is 54.5. The van der Waals surface area contributed by atoms with E-state index in [4.69, 9.17) is 0 Å². The quantitative estimate of drug-likeness (QED) is 0.0420. The lowest BCUT2D eigenvalue weighted by Crippen LogP contribution is -2.45. The summed E-state index contributed by atoms with van der Waals surface area (Å²) in [6.07, 6.45) is 95.0. The Hall–Kier alpha value is -4.25. The third kappa shape index (κ3) is 54.6. The molecule has 0 aromatic rings. The molecule has 1 amide bonds. The van der Waals surface area contributed by atoms with E-state index in [2.05, 4.69) is 177 Å². The molecule has 0 bridgehead atoms. The van der Waals surface area contributed by atoms with Crippen LogP contribution in [0.5, 0.6) is 0 Å². The average molecular weight is 947 g/mol. The number of carbonyl (C=O) groups is 1. The summed E-state index contributed by atoms with van der Waals surface area (Å²) in [5.41, 5.74) is 0. The molecule has 0 aromatic carbocycles. The highest BCUT2D eigenvalue weighted by molar-refractivity contribution is 5.76. The van der Waals surface area contributed by atoms with Crippen molar-refractivity contribution < 1.29 is 15.0 Å². The van der Waals surface area contributed by atoms with Crippen LogP contribution in [0.1, 0.15) is 213 Å². The molecule has 0 heterocycles. The van der Waals surface area contributed by atoms with Crippen LogP contribution in [0.2, 0.25) is 0 Å². The summed E-state index contributed by atoms with van der Waals surface area (Å²) < 4.78 is 0. The third-order valence-electron chi connectivity index (χ3n) is 11.4. The van der Waals surface area contributed by atoms with Crippen LogP contribution in [-0.4, -0.2) is 34.9 Å². The van der Waals surface area contributed by atoms with Gasteiger partial charge in [0.15, 0.2) is 0 Å². The minimum absolute atomic E-state index is 0.0974. The molecular formula is C65H103NO3. The SMILES string of the molecule is CC/C=C\C/C=C\C/C=C\C/C=C\C/C=C\C/C=C\C/C=C\C/C=C\C/C=C\C/C=C\C/C=C\CCCCCCCCCC(=O)NC(CO)C(O)/C=C/CC/C=C/CC/C=C/CCCCCCCC. The maximum absolute atomic E-state index is 12.4. The zero-order valence-corrected chi connectivity index (χ0v) is 44.3. The molecule has 0 rings (SSSR count). The van der Waals surface area contributed by atoms with Crippen LogP contribution in [0.4, 0.5) is 0 Å². The smallest absolute Gasteiger partial charge is 0.220 e. The number of aliphatic hydroxyl groups excluding tert-OH is 2. The molecule has 2 atom stereocenters. The molecule has 69 heavy (non-hydrogen) atoms. The number of hydrogen-bond acceptors (Lipinski definition) is 3. The number of nitrogens with one attached hydrogen (secondary N) is 1. The number of hydrogen-bond donors (Lipinski definition) is 3. The Morgan fingerprint density at radius 3 is 1.01 bits per heavy atom. The standard InChI is InChI=1S/C65H103NO3/c1-3-5-7-9-11-13-15-17-19-21-22-23-24-25-26-27-28-29-30-31-32-33-34-35-36-37-38-39-40-41-42-43-44-45-47-49-51-53-55-57-59-61-65(69)66-63(62-67)64(68)60-58-56-54-52-50-48-46-20-18-16-14-12-10-8-6-4-2/h5,7,11,13,17-20,22-23,25-26,28-29,31-32,34-35,37-38,40-41,43-44,50,52,58,60,63-64,67-68H,3-4,6,8-10,12,14-16,21,24,27,30,33,36,39,42,45-49,51,53-57,59,61-62H2,1-2H3,(H,66,69)/b7-5-,13-11-,19-17-,20-18+,23-22-,26-25-,29-28-,32-31-,35-34-,38-37-,41-40-,44-43-,52-50+,60-58+. The summed E-state index contributed by atoms with van der Waals surface area (Å²) in [4.78, 5) is 12.4. The summed E-state index contributed by atoms with van der Waals surface area (Å²) >= 11 is 0. The van der Waals surface area contributed by atoms with Crippen LogP contribution in [0.3, 0.4) is 0 Å². The monoisotopic (exact) mass is 946 g/mol. The maximum Gasteiger partial charge on any atom is 0.220 e. The van der Waals surface area contributed by atoms with Gasteiger partial charge in [0, 0.05) is 6.42 Å². The van der Waals surface area contributed by atoms with Gasteiger partial charge < -0.3 is 15.5 Å². The highest BCUT2D eigenvalue weighted by Crippen LogP contribution is 2.12. The molecule has 4 heteroatoms. The van der Waals surface area contributed by atoms with Gasteiger partial charge in [0.1, 0.15) is 0 Å². The van der Waals surface area contributed by atoms with E-state index in [1.54, 1.807) is 6.08 Å². The molecule has 0 radical (unpaired) electrons. The average Bonchev–Trinajstić information content (AvgIpc) is 3.35. The van der Waals surface area contributed by atoms with E-state index in [-0.39, 0.29) is 12.5 Å². The Bertz CT molecular complexity index is 1540. The van der Waals surface area contributed by atoms with Crippen molar-refractivity contribution in [2.75, 3.05) is 6.61 Å². The molecule has 0 fully saturated rings. The fraction of sp³-hybridized carbons (Fsp3) is 0.554. The molecule has 0 aliphatic carbocycles. The van der Waals surface area contributed by atoms with E-state index in [0.717, 1.165) is 122 Å². The van der Waals surface area contributed by atoms with E-state index in [0.29, 0.717) is 6.42 Å². The summed E-state index contributed by atoms with van der Waals surface area (Å²) in [6, 6.07) is -0.664. The second-order valence-corrected chi connectivity index (χ2v) is 17.9. The van der Waals surface area contributed by atoms with Crippen molar-refractivity contribution in [3.63, 3.8) is 0 Å². The van der Waals surface area contributed by atoms with E-state index in [9.17, 15) is 15.0 Å². The van der Waals surface area contributed by atoms with Crippen LogP contribution in [0.15, 0.2) is 170 Å². The first kappa shape index (κ1) is 64.8. The molecule has 0 aliphatic rings. The summed E-state index contributed by atoms with van der Waals surface area (Å²) in [6.45, 7) is 4.15. The van der Waals surface area contributed by atoms with Gasteiger partial charge >= 0.3 is 0 Å². The Morgan fingerprint density at radius 1 is 0.362 bits per heavy atom. The van der Waals surface area contributed by atoms with Gasteiger partial charge in [-0.1, -0.05) is 248 Å². The van der Waals surface area contributed by atoms with Crippen molar-refractivity contribution in [1.82, 2.24) is 5.32 Å². The van der Waals surface area contributed by atoms with E-state index >= 15 is 0 Å². The van der Waals surface area contributed by atoms with E-state index < -0.39 is 12.1 Å². The molecule has 0 spiro atoms. The fourth-order valence-corrected chi connectivity index (χ4v) is 7.21.